The third-order valence-electron chi connectivity index (χ3n) is 0. The van der Waals surface area contributed by atoms with E-state index in [0.29, 0.717) is 0 Å². The summed E-state index contributed by atoms with van der Waals surface area (Å²) in [4.78, 5) is 0. The van der Waals surface area contributed by atoms with Gasteiger partial charge in [0.2, 0.25) is 0 Å². The van der Waals surface area contributed by atoms with Crippen LogP contribution in [0.5, 0.6) is 0 Å². The molecule has 0 fully saturated rings. The molecule has 0 aromatic carbocycles. The van der Waals surface area contributed by atoms with Crippen LogP contribution in [0.3, 0.4) is 0 Å². The Labute approximate surface area is 77.7 Å². The van der Waals surface area contributed by atoms with E-state index in [0.717, 1.165) is 0 Å². The monoisotopic (exact) mass is 312 g/mol. The van der Waals surface area contributed by atoms with Crippen LogP contribution in [0.2, 0.25) is 0 Å². The van der Waals surface area contributed by atoms with E-state index in [1.54, 1.807) is 0 Å². The summed E-state index contributed by atoms with van der Waals surface area (Å²) in [5.41, 5.74) is 0. The molecule has 0 aliphatic rings. The number of halogens is 3. The van der Waals surface area contributed by atoms with E-state index >= 15 is 0 Å². The fourth-order valence-electron chi connectivity index (χ4n) is 0. The summed E-state index contributed by atoms with van der Waals surface area (Å²) in [5, 5.41) is 0. The van der Waals surface area contributed by atoms with Crippen LogP contribution in [0.4, 0.5) is 0 Å². The van der Waals surface area contributed by atoms with Crippen molar-refractivity contribution in [2.75, 3.05) is 0 Å². The van der Waals surface area contributed by atoms with E-state index < -0.39 is 0 Å². The summed E-state index contributed by atoms with van der Waals surface area (Å²) in [6, 6.07) is 0. The van der Waals surface area contributed by atoms with Crippen LogP contribution < -0.4 is 0 Å². The standard InChI is InChI=1S/C2H3Br3.Ti/c1-2(3,4)5;/h1H3;. The number of hydrogen-bond donors (Lipinski definition) is 0. The van der Waals surface area contributed by atoms with Gasteiger partial charge in [-0.15, -0.1) is 0 Å². The van der Waals surface area contributed by atoms with Crippen molar-refractivity contribution < 1.29 is 21.7 Å². The average molecular weight is 315 g/mol. The maximum Gasteiger partial charge on any atom is 0.132 e. The van der Waals surface area contributed by atoms with Crippen molar-refractivity contribution in [3.8, 4) is 0 Å². The summed E-state index contributed by atoms with van der Waals surface area (Å²) in [7, 11) is 0. The third kappa shape index (κ3) is 35.2. The fraction of sp³-hybridized carbons (Fsp3) is 1.00. The molecule has 0 saturated carbocycles. The molecule has 0 bridgehead atoms. The maximum absolute atomic E-state index is 3.21. The first-order chi connectivity index (χ1) is 2.00. The molecule has 0 unspecified atom stereocenters. The minimum absolute atomic E-state index is 0. The largest absolute Gasteiger partial charge is 0.132 e. The normalized spacial score (nSPS) is 10.0. The topological polar surface area (TPSA) is 0 Å². The smallest absolute Gasteiger partial charge is 0.0603 e. The Balaban J connectivity index is 0. The average Bonchev–Trinajstić information content (AvgIpc) is 0.722. The van der Waals surface area contributed by atoms with Crippen molar-refractivity contribution >= 4 is 47.8 Å². The van der Waals surface area contributed by atoms with Gasteiger partial charge < -0.3 is 0 Å². The molecule has 36 valence electrons. The van der Waals surface area contributed by atoms with Crippen molar-refractivity contribution in [1.29, 1.82) is 0 Å². The molecule has 0 heterocycles. The van der Waals surface area contributed by atoms with E-state index in [1.807, 2.05) is 6.92 Å². The second-order valence-electron chi connectivity index (χ2n) is 0.781. The van der Waals surface area contributed by atoms with Crippen LogP contribution >= 0.6 is 47.8 Å². The first kappa shape index (κ1) is 11.0. The predicted octanol–water partition coefficient (Wildman–Crippen LogP) is 2.84. The van der Waals surface area contributed by atoms with Gasteiger partial charge in [0, 0.05) is 21.7 Å². The zero-order chi connectivity index (χ0) is 4.50. The molecule has 0 N–H and O–H groups in total. The summed E-state index contributed by atoms with van der Waals surface area (Å²) < 4.78 is -0.0625. The molecular weight excluding hydrogens is 312 g/mol. The SMILES string of the molecule is CC(Br)(Br)Br.[Ti]. The third-order valence-corrected chi connectivity index (χ3v) is 0. The predicted molar refractivity (Wildman–Crippen MR) is 35.2 cm³/mol. The Hall–Kier alpha value is 2.15. The van der Waals surface area contributed by atoms with Gasteiger partial charge in [-0.05, 0) is 6.92 Å². The van der Waals surface area contributed by atoms with Crippen LogP contribution in [-0.2, 0) is 21.7 Å². The molecule has 0 aromatic heterocycles. The van der Waals surface area contributed by atoms with Gasteiger partial charge in [-0.25, -0.2) is 0 Å². The molecule has 0 atom stereocenters. The van der Waals surface area contributed by atoms with Gasteiger partial charge in [0.05, 0.1) is 0 Å². The van der Waals surface area contributed by atoms with Crippen molar-refractivity contribution in [2.24, 2.45) is 0 Å². The molecule has 0 nitrogen and oxygen atoms in total. The van der Waals surface area contributed by atoms with Gasteiger partial charge in [0.1, 0.15) is 2.14 Å². The molecule has 0 saturated heterocycles. The summed E-state index contributed by atoms with van der Waals surface area (Å²) in [5.74, 6) is 0. The Morgan fingerprint density at radius 2 is 1.17 bits per heavy atom. The van der Waals surface area contributed by atoms with Crippen molar-refractivity contribution in [2.45, 2.75) is 9.07 Å². The minimum atomic E-state index is -0.0625. The maximum atomic E-state index is 3.21. The van der Waals surface area contributed by atoms with Crippen molar-refractivity contribution in [3.05, 3.63) is 0 Å². The van der Waals surface area contributed by atoms with Crippen LogP contribution in [0, 0.1) is 0 Å². The first-order valence-corrected chi connectivity index (χ1v) is 3.45. The van der Waals surface area contributed by atoms with E-state index in [-0.39, 0.29) is 23.9 Å². The van der Waals surface area contributed by atoms with Gasteiger partial charge in [0.25, 0.3) is 0 Å². The molecule has 0 radical (unpaired) electrons. The van der Waals surface area contributed by atoms with Crippen molar-refractivity contribution in [3.63, 3.8) is 0 Å². The summed E-state index contributed by atoms with van der Waals surface area (Å²) in [6.07, 6.45) is 0. The summed E-state index contributed by atoms with van der Waals surface area (Å²) >= 11 is 9.62. The van der Waals surface area contributed by atoms with Gasteiger partial charge in [-0.1, -0.05) is 47.8 Å². The summed E-state index contributed by atoms with van der Waals surface area (Å²) in [6.45, 7) is 1.94. The molecule has 0 aromatic rings. The molecule has 4 heteroatoms. The molecule has 0 rings (SSSR count). The second-order valence-corrected chi connectivity index (χ2v) is 8.73. The minimum Gasteiger partial charge on any atom is -0.0603 e. The molecule has 0 amide bonds. The van der Waals surface area contributed by atoms with Gasteiger partial charge in [0.15, 0.2) is 0 Å². The van der Waals surface area contributed by atoms with Crippen LogP contribution in [0.15, 0.2) is 0 Å². The zero-order valence-corrected chi connectivity index (χ0v) is 9.45. The van der Waals surface area contributed by atoms with Crippen LogP contribution in [-0.4, -0.2) is 2.14 Å². The molecular formula is C2H3Br3Ti. The van der Waals surface area contributed by atoms with Gasteiger partial charge >= 0.3 is 0 Å². The molecule has 0 aliphatic heterocycles. The van der Waals surface area contributed by atoms with E-state index in [9.17, 15) is 0 Å². The van der Waals surface area contributed by atoms with Crippen LogP contribution in [0.25, 0.3) is 0 Å². The Morgan fingerprint density at radius 3 is 1.17 bits per heavy atom. The second kappa shape index (κ2) is 4.08. The molecule has 0 aliphatic carbocycles. The van der Waals surface area contributed by atoms with Gasteiger partial charge in [-0.3, -0.25) is 0 Å². The number of alkyl halides is 3. The quantitative estimate of drug-likeness (QED) is 0.476. The molecule has 0 spiro atoms. The van der Waals surface area contributed by atoms with Gasteiger partial charge in [-0.2, -0.15) is 0 Å². The Kier molecular flexibility index (Phi) is 7.48. The zero-order valence-electron chi connectivity index (χ0n) is 3.13. The van der Waals surface area contributed by atoms with Crippen molar-refractivity contribution in [1.82, 2.24) is 0 Å². The Morgan fingerprint density at radius 1 is 1.17 bits per heavy atom. The number of rotatable bonds is 0. The molecule has 6 heavy (non-hydrogen) atoms. The van der Waals surface area contributed by atoms with E-state index in [1.165, 1.54) is 0 Å². The first-order valence-electron chi connectivity index (χ1n) is 1.07. The van der Waals surface area contributed by atoms with Crippen LogP contribution in [0.1, 0.15) is 6.92 Å². The van der Waals surface area contributed by atoms with E-state index in [2.05, 4.69) is 47.8 Å². The number of hydrogen-bond acceptors (Lipinski definition) is 0. The van der Waals surface area contributed by atoms with E-state index in [4.69, 9.17) is 0 Å². The Bertz CT molecular complexity index is 24.3. The fourth-order valence-corrected chi connectivity index (χ4v) is 0.